The molecule has 25 heavy (non-hydrogen) atoms. The van der Waals surface area contributed by atoms with Crippen molar-refractivity contribution in [1.82, 2.24) is 5.32 Å². The summed E-state index contributed by atoms with van der Waals surface area (Å²) in [5, 5.41) is 12.8. The van der Waals surface area contributed by atoms with E-state index in [0.717, 1.165) is 18.7 Å². The largest absolute Gasteiger partial charge is 0.354 e. The highest BCUT2D eigenvalue weighted by Crippen LogP contribution is 2.26. The van der Waals surface area contributed by atoms with Crippen LogP contribution in [0.1, 0.15) is 5.56 Å². The smallest absolute Gasteiger partial charge is 0.323 e. The zero-order valence-electron chi connectivity index (χ0n) is 13.5. The van der Waals surface area contributed by atoms with Crippen molar-refractivity contribution in [2.75, 3.05) is 29.0 Å². The van der Waals surface area contributed by atoms with Crippen molar-refractivity contribution in [2.24, 2.45) is 4.99 Å². The zero-order valence-corrected chi connectivity index (χ0v) is 15.0. The van der Waals surface area contributed by atoms with Crippen LogP contribution in [-0.4, -0.2) is 25.1 Å². The quantitative estimate of drug-likeness (QED) is 0.643. The number of aliphatic imine (C=N–C) groups is 1. The molecule has 0 saturated heterocycles. The van der Waals surface area contributed by atoms with Crippen molar-refractivity contribution in [3.8, 4) is 0 Å². The number of hydrogen-bond acceptors (Lipinski definition) is 4. The van der Waals surface area contributed by atoms with Crippen LogP contribution in [0.25, 0.3) is 0 Å². The van der Waals surface area contributed by atoms with Crippen molar-refractivity contribution >= 4 is 52.3 Å². The number of halogens is 2. The molecule has 1 heterocycles. The minimum Gasteiger partial charge on any atom is -0.354 e. The molecule has 130 valence electrons. The molecule has 1 aliphatic rings. The van der Waals surface area contributed by atoms with E-state index in [0.29, 0.717) is 33.1 Å². The summed E-state index contributed by atoms with van der Waals surface area (Å²) in [7, 11) is 0. The first kappa shape index (κ1) is 17.4. The Bertz CT molecular complexity index is 838. The topological polar surface area (TPSA) is 77.6 Å². The predicted octanol–water partition coefficient (Wildman–Crippen LogP) is 4.32. The maximum Gasteiger partial charge on any atom is 0.323 e. The second kappa shape index (κ2) is 7.63. The molecular formula is C17H17Cl2N5O. The SMILES string of the molecule is Cc1ccc(NC(=O)Nc2ccc(Cl)c(NC3=NCCN3)c2)cc1Cl. The van der Waals surface area contributed by atoms with Gasteiger partial charge in [-0.05, 0) is 42.8 Å². The number of carbonyl (C=O) groups is 1. The third-order valence-electron chi connectivity index (χ3n) is 3.58. The molecule has 2 aromatic rings. The molecule has 0 aromatic heterocycles. The molecule has 0 spiro atoms. The Morgan fingerprint density at radius 3 is 2.48 bits per heavy atom. The van der Waals surface area contributed by atoms with Crippen LogP contribution in [0.15, 0.2) is 41.4 Å². The number of amides is 2. The van der Waals surface area contributed by atoms with E-state index in [1.54, 1.807) is 30.3 Å². The molecule has 2 amide bonds. The summed E-state index contributed by atoms with van der Waals surface area (Å²) in [4.78, 5) is 16.4. The first-order valence-electron chi connectivity index (χ1n) is 7.70. The van der Waals surface area contributed by atoms with Crippen molar-refractivity contribution in [3.05, 3.63) is 52.0 Å². The number of hydrogen-bond donors (Lipinski definition) is 4. The van der Waals surface area contributed by atoms with Crippen LogP contribution in [0, 0.1) is 6.92 Å². The van der Waals surface area contributed by atoms with Crippen molar-refractivity contribution in [1.29, 1.82) is 0 Å². The van der Waals surface area contributed by atoms with Gasteiger partial charge in [0, 0.05) is 22.9 Å². The number of rotatable bonds is 3. The van der Waals surface area contributed by atoms with Gasteiger partial charge in [-0.2, -0.15) is 0 Å². The highest BCUT2D eigenvalue weighted by Gasteiger charge is 2.10. The molecule has 0 bridgehead atoms. The number of anilines is 3. The lowest BCUT2D eigenvalue weighted by molar-refractivity contribution is 0.262. The molecule has 0 aliphatic carbocycles. The Morgan fingerprint density at radius 1 is 1.08 bits per heavy atom. The molecule has 0 fully saturated rings. The fraction of sp³-hybridized carbons (Fsp3) is 0.176. The zero-order chi connectivity index (χ0) is 17.8. The Labute approximate surface area is 155 Å². The van der Waals surface area contributed by atoms with Gasteiger partial charge in [0.05, 0.1) is 17.3 Å². The number of nitrogens with zero attached hydrogens (tertiary/aromatic N) is 1. The maximum absolute atomic E-state index is 12.2. The Morgan fingerprint density at radius 2 is 1.80 bits per heavy atom. The second-order valence-corrected chi connectivity index (χ2v) is 6.33. The summed E-state index contributed by atoms with van der Waals surface area (Å²) < 4.78 is 0. The van der Waals surface area contributed by atoms with Crippen LogP contribution in [0.4, 0.5) is 21.9 Å². The standard InChI is InChI=1S/C17H17Cl2N5O/c1-10-2-3-11(8-14(10)19)22-17(25)23-12-4-5-13(18)15(9-12)24-16-20-6-7-21-16/h2-5,8-9H,6-7H2,1H3,(H2,20,21,24)(H2,22,23,25). The normalized spacial score (nSPS) is 13.0. The predicted molar refractivity (Wildman–Crippen MR) is 104 cm³/mol. The average Bonchev–Trinajstić information content (AvgIpc) is 3.07. The Hall–Kier alpha value is -2.44. The minimum atomic E-state index is -0.371. The Kier molecular flexibility index (Phi) is 5.31. The average molecular weight is 378 g/mol. The molecular weight excluding hydrogens is 361 g/mol. The summed E-state index contributed by atoms with van der Waals surface area (Å²) in [6, 6.07) is 10.1. The number of urea groups is 1. The first-order valence-corrected chi connectivity index (χ1v) is 8.46. The third kappa shape index (κ3) is 4.55. The molecule has 2 aromatic carbocycles. The maximum atomic E-state index is 12.2. The van der Waals surface area contributed by atoms with Crippen LogP contribution in [-0.2, 0) is 0 Å². The molecule has 1 aliphatic heterocycles. The van der Waals surface area contributed by atoms with Gasteiger partial charge in [0.25, 0.3) is 0 Å². The highest BCUT2D eigenvalue weighted by atomic mass is 35.5. The molecule has 0 unspecified atom stereocenters. The highest BCUT2D eigenvalue weighted by molar-refractivity contribution is 6.34. The molecule has 0 radical (unpaired) electrons. The van der Waals surface area contributed by atoms with Gasteiger partial charge in [-0.15, -0.1) is 0 Å². The lowest BCUT2D eigenvalue weighted by Gasteiger charge is -2.12. The van der Waals surface area contributed by atoms with Crippen molar-refractivity contribution < 1.29 is 4.79 Å². The molecule has 3 rings (SSSR count). The molecule has 4 N–H and O–H groups in total. The van der Waals surface area contributed by atoms with E-state index < -0.39 is 0 Å². The van der Waals surface area contributed by atoms with Gasteiger partial charge in [0.15, 0.2) is 5.96 Å². The van der Waals surface area contributed by atoms with E-state index in [2.05, 4.69) is 26.3 Å². The first-order chi connectivity index (χ1) is 12.0. The minimum absolute atomic E-state index is 0.371. The molecule has 6 nitrogen and oxygen atoms in total. The van der Waals surface area contributed by atoms with E-state index in [1.165, 1.54) is 0 Å². The van der Waals surface area contributed by atoms with Gasteiger partial charge < -0.3 is 21.3 Å². The van der Waals surface area contributed by atoms with Crippen molar-refractivity contribution in [3.63, 3.8) is 0 Å². The number of aryl methyl sites for hydroxylation is 1. The summed E-state index contributed by atoms with van der Waals surface area (Å²) in [6.07, 6.45) is 0. The van der Waals surface area contributed by atoms with Gasteiger partial charge in [-0.1, -0.05) is 29.3 Å². The van der Waals surface area contributed by atoms with Crippen LogP contribution in [0.3, 0.4) is 0 Å². The summed E-state index contributed by atoms with van der Waals surface area (Å²) in [5.74, 6) is 0.665. The fourth-order valence-corrected chi connectivity index (χ4v) is 2.62. The number of guanidine groups is 1. The number of carbonyl (C=O) groups excluding carboxylic acids is 1. The van der Waals surface area contributed by atoms with Gasteiger partial charge >= 0.3 is 6.03 Å². The molecule has 0 atom stereocenters. The molecule has 8 heteroatoms. The summed E-state index contributed by atoms with van der Waals surface area (Å²) in [5.41, 5.74) is 2.82. The van der Waals surface area contributed by atoms with Gasteiger partial charge in [0.1, 0.15) is 0 Å². The van der Waals surface area contributed by atoms with Crippen LogP contribution in [0.2, 0.25) is 10.0 Å². The lowest BCUT2D eigenvalue weighted by Crippen LogP contribution is -2.26. The monoisotopic (exact) mass is 377 g/mol. The van der Waals surface area contributed by atoms with Gasteiger partial charge in [-0.25, -0.2) is 4.79 Å². The lowest BCUT2D eigenvalue weighted by atomic mass is 10.2. The summed E-state index contributed by atoms with van der Waals surface area (Å²) >= 11 is 12.2. The summed E-state index contributed by atoms with van der Waals surface area (Å²) in [6.45, 7) is 3.41. The Balaban J connectivity index is 1.67. The van der Waals surface area contributed by atoms with E-state index in [1.807, 2.05) is 13.0 Å². The second-order valence-electron chi connectivity index (χ2n) is 5.52. The number of benzene rings is 2. The van der Waals surface area contributed by atoms with Gasteiger partial charge in [0.2, 0.25) is 0 Å². The molecule has 0 saturated carbocycles. The van der Waals surface area contributed by atoms with Crippen molar-refractivity contribution in [2.45, 2.75) is 6.92 Å². The van der Waals surface area contributed by atoms with E-state index in [4.69, 9.17) is 23.2 Å². The van der Waals surface area contributed by atoms with E-state index in [-0.39, 0.29) is 6.03 Å². The third-order valence-corrected chi connectivity index (χ3v) is 4.32. The van der Waals surface area contributed by atoms with E-state index in [9.17, 15) is 4.79 Å². The fourth-order valence-electron chi connectivity index (χ4n) is 2.27. The van der Waals surface area contributed by atoms with Crippen LogP contribution in [0.5, 0.6) is 0 Å². The van der Waals surface area contributed by atoms with Crippen LogP contribution >= 0.6 is 23.2 Å². The van der Waals surface area contributed by atoms with Crippen LogP contribution < -0.4 is 21.3 Å². The van der Waals surface area contributed by atoms with Gasteiger partial charge in [-0.3, -0.25) is 4.99 Å². The number of nitrogens with one attached hydrogen (secondary N) is 4. The van der Waals surface area contributed by atoms with E-state index >= 15 is 0 Å².